The normalized spacial score (nSPS) is 40.0. The van der Waals surface area contributed by atoms with Gasteiger partial charge < -0.3 is 19.1 Å². The summed E-state index contributed by atoms with van der Waals surface area (Å²) < 4.78 is 18.5. The number of hydrogen-bond donors (Lipinski definition) is 0. The van der Waals surface area contributed by atoms with Gasteiger partial charge in [-0.2, -0.15) is 0 Å². The van der Waals surface area contributed by atoms with Gasteiger partial charge in [0.15, 0.2) is 11.9 Å². The average Bonchev–Trinajstić information content (AvgIpc) is 3.17. The van der Waals surface area contributed by atoms with Crippen molar-refractivity contribution in [2.24, 2.45) is 29.6 Å². The zero-order valence-corrected chi connectivity index (χ0v) is 23.5. The van der Waals surface area contributed by atoms with Gasteiger partial charge in [-0.15, -0.1) is 0 Å². The first kappa shape index (κ1) is 27.2. The summed E-state index contributed by atoms with van der Waals surface area (Å²) in [6.07, 6.45) is 5.58. The van der Waals surface area contributed by atoms with Crippen LogP contribution < -0.4 is 0 Å². The van der Waals surface area contributed by atoms with Gasteiger partial charge in [0.25, 0.3) is 0 Å². The first-order valence-electron chi connectivity index (χ1n) is 15.0. The minimum Gasteiger partial charge on any atom is -0.435 e. The largest absolute Gasteiger partial charge is 0.435 e. The van der Waals surface area contributed by atoms with E-state index in [0.717, 1.165) is 58.0 Å². The summed E-state index contributed by atoms with van der Waals surface area (Å²) in [6.45, 7) is 7.72. The standard InChI is InChI=1S/C31H43NO7/c1-20-9-10-25-21(2)28(36-29-31(25)24(20)13-16-30(3,37-29)38-39-31)35-27(34)12-11-26(33)32-17-14-23(15-18-32)19-22-7-5-4-6-8-22/h4-8,20-21,23-25,28-29H,9-19H2,1-3H3/t20-,21-,24+,25+,28-,29-,30-,31-/m1/s1. The number of ether oxygens (including phenoxy) is 3. The molecular formula is C31H43NO7. The fraction of sp³-hybridized carbons (Fsp3) is 0.742. The van der Waals surface area contributed by atoms with E-state index in [1.54, 1.807) is 0 Å². The van der Waals surface area contributed by atoms with E-state index < -0.39 is 29.9 Å². The van der Waals surface area contributed by atoms with Crippen molar-refractivity contribution in [3.63, 3.8) is 0 Å². The van der Waals surface area contributed by atoms with Crippen LogP contribution in [0.15, 0.2) is 30.3 Å². The number of likely N-dealkylation sites (tertiary alicyclic amines) is 1. The Hall–Kier alpha value is -2.00. The molecule has 1 spiro atoms. The smallest absolute Gasteiger partial charge is 0.308 e. The minimum absolute atomic E-state index is 0.0219. The molecule has 0 aromatic heterocycles. The van der Waals surface area contributed by atoms with E-state index in [1.165, 1.54) is 5.56 Å². The van der Waals surface area contributed by atoms with E-state index in [-0.39, 0.29) is 36.5 Å². The van der Waals surface area contributed by atoms with Gasteiger partial charge in [0.1, 0.15) is 0 Å². The molecule has 8 atom stereocenters. The number of piperidine rings is 1. The molecule has 39 heavy (non-hydrogen) atoms. The van der Waals surface area contributed by atoms with Crippen molar-refractivity contribution in [3.05, 3.63) is 35.9 Å². The first-order valence-corrected chi connectivity index (χ1v) is 15.0. The molecule has 2 bridgehead atoms. The van der Waals surface area contributed by atoms with Crippen LogP contribution >= 0.6 is 0 Å². The van der Waals surface area contributed by atoms with Gasteiger partial charge in [0, 0.05) is 37.8 Å². The maximum atomic E-state index is 12.9. The predicted octanol–water partition coefficient (Wildman–Crippen LogP) is 5.00. The Morgan fingerprint density at radius 3 is 2.51 bits per heavy atom. The summed E-state index contributed by atoms with van der Waals surface area (Å²) in [4.78, 5) is 39.7. The second kappa shape index (κ2) is 10.8. The molecule has 0 N–H and O–H groups in total. The van der Waals surface area contributed by atoms with Crippen LogP contribution in [0.25, 0.3) is 0 Å². The van der Waals surface area contributed by atoms with E-state index in [4.69, 9.17) is 24.0 Å². The summed E-state index contributed by atoms with van der Waals surface area (Å²) >= 11 is 0. The van der Waals surface area contributed by atoms with E-state index in [1.807, 2.05) is 17.9 Å². The Morgan fingerprint density at radius 1 is 0.974 bits per heavy atom. The quantitative estimate of drug-likeness (QED) is 0.370. The van der Waals surface area contributed by atoms with Crippen molar-refractivity contribution in [2.45, 2.75) is 103 Å². The lowest BCUT2D eigenvalue weighted by Gasteiger charge is -2.59. The van der Waals surface area contributed by atoms with Crippen LogP contribution in [0.5, 0.6) is 0 Å². The summed E-state index contributed by atoms with van der Waals surface area (Å²) in [6, 6.07) is 10.5. The van der Waals surface area contributed by atoms with Crippen molar-refractivity contribution < 1.29 is 33.6 Å². The highest BCUT2D eigenvalue weighted by Gasteiger charge is 2.69. The topological polar surface area (TPSA) is 83.5 Å². The van der Waals surface area contributed by atoms with Gasteiger partial charge in [-0.3, -0.25) is 9.59 Å². The number of rotatable bonds is 6. The Labute approximate surface area is 231 Å². The van der Waals surface area contributed by atoms with E-state index in [9.17, 15) is 9.59 Å². The second-order valence-electron chi connectivity index (χ2n) is 12.8. The molecule has 214 valence electrons. The number of amides is 1. The van der Waals surface area contributed by atoms with Crippen LogP contribution in [-0.2, 0) is 40.0 Å². The van der Waals surface area contributed by atoms with Crippen molar-refractivity contribution in [1.29, 1.82) is 0 Å². The van der Waals surface area contributed by atoms with Crippen LogP contribution in [0.3, 0.4) is 0 Å². The fourth-order valence-electron chi connectivity index (χ4n) is 7.90. The van der Waals surface area contributed by atoms with Crippen LogP contribution in [-0.4, -0.2) is 53.8 Å². The monoisotopic (exact) mass is 541 g/mol. The summed E-state index contributed by atoms with van der Waals surface area (Å²) in [5.41, 5.74) is 0.669. The molecule has 1 aromatic carbocycles. The van der Waals surface area contributed by atoms with Gasteiger partial charge in [0.05, 0.1) is 6.42 Å². The number of benzene rings is 1. The number of carbonyl (C=O) groups excluding carboxylic acids is 2. The third-order valence-electron chi connectivity index (χ3n) is 10.2. The maximum Gasteiger partial charge on any atom is 0.308 e. The molecule has 1 aliphatic carbocycles. The molecule has 1 amide bonds. The molecule has 5 aliphatic heterocycles. The predicted molar refractivity (Wildman–Crippen MR) is 142 cm³/mol. The highest BCUT2D eigenvalue weighted by atomic mass is 17.3. The number of fused-ring (bicyclic) bond motifs is 2. The van der Waals surface area contributed by atoms with Crippen molar-refractivity contribution >= 4 is 11.9 Å². The lowest BCUT2D eigenvalue weighted by molar-refractivity contribution is -0.576. The number of esters is 1. The highest BCUT2D eigenvalue weighted by molar-refractivity contribution is 5.81. The summed E-state index contributed by atoms with van der Waals surface area (Å²) in [5.74, 6) is 0.0979. The lowest BCUT2D eigenvalue weighted by atomic mass is 9.58. The zero-order valence-electron chi connectivity index (χ0n) is 23.5. The van der Waals surface area contributed by atoms with Crippen LogP contribution in [0.1, 0.15) is 77.7 Å². The van der Waals surface area contributed by atoms with Crippen molar-refractivity contribution in [3.8, 4) is 0 Å². The molecule has 1 saturated carbocycles. The molecule has 7 rings (SSSR count). The SMILES string of the molecule is C[C@H]1[C@H](OC(=O)CCC(=O)N2CCC(Cc3ccccc3)CC2)O[C@@H]2O[C@@]3(C)CC[C@H]4[C@H](C)CC[C@@H]1[C@@]24OO3. The molecule has 6 aliphatic rings. The Balaban J connectivity index is 1.02. The molecule has 0 radical (unpaired) electrons. The van der Waals surface area contributed by atoms with Crippen LogP contribution in [0, 0.1) is 29.6 Å². The average molecular weight is 542 g/mol. The Bertz CT molecular complexity index is 1040. The molecule has 0 unspecified atom stereocenters. The molecule has 5 saturated heterocycles. The lowest BCUT2D eigenvalue weighted by Crippen LogP contribution is -2.70. The fourth-order valence-corrected chi connectivity index (χ4v) is 7.90. The van der Waals surface area contributed by atoms with E-state index >= 15 is 0 Å². The number of hydrogen-bond acceptors (Lipinski definition) is 7. The molecule has 1 aromatic rings. The van der Waals surface area contributed by atoms with Crippen molar-refractivity contribution in [1.82, 2.24) is 4.90 Å². The Morgan fingerprint density at radius 2 is 1.74 bits per heavy atom. The van der Waals surface area contributed by atoms with Gasteiger partial charge >= 0.3 is 5.97 Å². The minimum atomic E-state index is -0.867. The third kappa shape index (κ3) is 5.14. The second-order valence-corrected chi connectivity index (χ2v) is 12.8. The van der Waals surface area contributed by atoms with Crippen LogP contribution in [0.4, 0.5) is 0 Å². The highest BCUT2D eigenvalue weighted by Crippen LogP contribution is 2.60. The van der Waals surface area contributed by atoms with Gasteiger partial charge in [0.2, 0.25) is 18.0 Å². The molecule has 8 nitrogen and oxygen atoms in total. The molecule has 5 heterocycles. The maximum absolute atomic E-state index is 12.9. The van der Waals surface area contributed by atoms with Gasteiger partial charge in [-0.25, -0.2) is 9.78 Å². The van der Waals surface area contributed by atoms with Gasteiger partial charge in [-0.05, 0) is 68.8 Å². The molecule has 6 fully saturated rings. The molecule has 8 heteroatoms. The van der Waals surface area contributed by atoms with Crippen LogP contribution in [0.2, 0.25) is 0 Å². The molecular weight excluding hydrogens is 498 g/mol. The van der Waals surface area contributed by atoms with E-state index in [0.29, 0.717) is 11.8 Å². The zero-order chi connectivity index (χ0) is 27.2. The van der Waals surface area contributed by atoms with Gasteiger partial charge in [-0.1, -0.05) is 44.2 Å². The van der Waals surface area contributed by atoms with E-state index in [2.05, 4.69) is 38.1 Å². The summed E-state index contributed by atoms with van der Waals surface area (Å²) in [7, 11) is 0. The first-order chi connectivity index (χ1) is 18.8. The Kier molecular flexibility index (Phi) is 7.50. The summed E-state index contributed by atoms with van der Waals surface area (Å²) in [5, 5.41) is 0. The number of nitrogens with zero attached hydrogens (tertiary/aromatic N) is 1. The van der Waals surface area contributed by atoms with Crippen molar-refractivity contribution in [2.75, 3.05) is 13.1 Å². The third-order valence-corrected chi connectivity index (χ3v) is 10.2. The number of carbonyl (C=O) groups is 2.